The van der Waals surface area contributed by atoms with Gasteiger partial charge in [-0.05, 0) is 25.6 Å². The molecule has 1 fully saturated rings. The predicted molar refractivity (Wildman–Crippen MR) is 47.4 cm³/mol. The number of thioether (sulfide) groups is 1. The molecule has 2 nitrogen and oxygen atoms in total. The fraction of sp³-hybridized carbons (Fsp3) is 1.00. The van der Waals surface area contributed by atoms with E-state index in [2.05, 4.69) is 5.32 Å². The van der Waals surface area contributed by atoms with Crippen molar-refractivity contribution in [3.63, 3.8) is 0 Å². The second-order valence-electron chi connectivity index (χ2n) is 2.89. The van der Waals surface area contributed by atoms with Gasteiger partial charge in [-0.1, -0.05) is 0 Å². The lowest BCUT2D eigenvalue weighted by Gasteiger charge is -2.35. The minimum absolute atomic E-state index is 0.253. The molecular weight excluding hydrogens is 144 g/mol. The van der Waals surface area contributed by atoms with Gasteiger partial charge in [-0.25, -0.2) is 0 Å². The van der Waals surface area contributed by atoms with Crippen LogP contribution in [0.2, 0.25) is 0 Å². The first-order valence-corrected chi connectivity index (χ1v) is 4.95. The zero-order valence-electron chi connectivity index (χ0n) is 6.52. The van der Waals surface area contributed by atoms with Gasteiger partial charge in [0.1, 0.15) is 0 Å². The minimum atomic E-state index is 0.253. The molecule has 1 aliphatic rings. The fourth-order valence-electron chi connectivity index (χ4n) is 1.31. The van der Waals surface area contributed by atoms with Crippen LogP contribution in [0.4, 0.5) is 0 Å². The predicted octanol–water partition coefficient (Wildman–Crippen LogP) is 0.430. The Balaban J connectivity index is 2.44. The van der Waals surface area contributed by atoms with Crippen molar-refractivity contribution in [2.45, 2.75) is 18.4 Å². The summed E-state index contributed by atoms with van der Waals surface area (Å²) in [7, 11) is 2.01. The molecule has 0 saturated carbocycles. The van der Waals surface area contributed by atoms with Gasteiger partial charge in [-0.2, -0.15) is 11.8 Å². The largest absolute Gasteiger partial charge is 0.329 e. The summed E-state index contributed by atoms with van der Waals surface area (Å²) in [6.45, 7) is 0.774. The standard InChI is InChI=1S/C7H16N2S/c1-9-7(5-8)3-2-4-10-6-7/h9H,2-6,8H2,1H3. The lowest BCUT2D eigenvalue weighted by molar-refractivity contribution is 0.364. The average molecular weight is 160 g/mol. The molecular formula is C7H16N2S. The molecule has 1 atom stereocenters. The summed E-state index contributed by atoms with van der Waals surface area (Å²) in [6.07, 6.45) is 2.55. The molecule has 0 amide bonds. The van der Waals surface area contributed by atoms with Crippen LogP contribution in [0, 0.1) is 0 Å². The topological polar surface area (TPSA) is 38.0 Å². The van der Waals surface area contributed by atoms with E-state index in [9.17, 15) is 0 Å². The van der Waals surface area contributed by atoms with Gasteiger partial charge in [0.25, 0.3) is 0 Å². The Morgan fingerprint density at radius 2 is 2.50 bits per heavy atom. The van der Waals surface area contributed by atoms with E-state index < -0.39 is 0 Å². The quantitative estimate of drug-likeness (QED) is 0.615. The highest BCUT2D eigenvalue weighted by atomic mass is 32.2. The molecule has 0 aromatic carbocycles. The van der Waals surface area contributed by atoms with Crippen molar-refractivity contribution in [2.24, 2.45) is 5.73 Å². The van der Waals surface area contributed by atoms with E-state index in [0.717, 1.165) is 6.54 Å². The highest BCUT2D eigenvalue weighted by molar-refractivity contribution is 7.99. The molecule has 1 saturated heterocycles. The zero-order chi connectivity index (χ0) is 7.45. The maximum atomic E-state index is 5.67. The van der Waals surface area contributed by atoms with E-state index in [-0.39, 0.29) is 5.54 Å². The molecule has 3 N–H and O–H groups in total. The number of hydrogen-bond acceptors (Lipinski definition) is 3. The second-order valence-corrected chi connectivity index (χ2v) is 4.00. The van der Waals surface area contributed by atoms with E-state index in [1.165, 1.54) is 24.3 Å². The molecule has 0 aromatic heterocycles. The van der Waals surface area contributed by atoms with Crippen molar-refractivity contribution in [3.05, 3.63) is 0 Å². The average Bonchev–Trinajstić information content (AvgIpc) is 2.06. The van der Waals surface area contributed by atoms with Gasteiger partial charge in [-0.15, -0.1) is 0 Å². The number of nitrogens with two attached hydrogens (primary N) is 1. The van der Waals surface area contributed by atoms with Crippen molar-refractivity contribution in [2.75, 3.05) is 25.1 Å². The molecule has 3 heteroatoms. The Morgan fingerprint density at radius 1 is 1.70 bits per heavy atom. The Bertz CT molecular complexity index is 93.8. The van der Waals surface area contributed by atoms with Crippen LogP contribution in [-0.4, -0.2) is 30.6 Å². The van der Waals surface area contributed by atoms with E-state index in [1.54, 1.807) is 0 Å². The maximum absolute atomic E-state index is 5.67. The molecule has 10 heavy (non-hydrogen) atoms. The van der Waals surface area contributed by atoms with Crippen molar-refractivity contribution in [1.29, 1.82) is 0 Å². The van der Waals surface area contributed by atoms with Crippen LogP contribution in [0.25, 0.3) is 0 Å². The third-order valence-corrected chi connectivity index (χ3v) is 3.58. The van der Waals surface area contributed by atoms with Crippen LogP contribution >= 0.6 is 11.8 Å². The summed E-state index contributed by atoms with van der Waals surface area (Å²) >= 11 is 2.01. The Morgan fingerprint density at radius 3 is 2.80 bits per heavy atom. The molecule has 0 radical (unpaired) electrons. The van der Waals surface area contributed by atoms with Gasteiger partial charge in [0.15, 0.2) is 0 Å². The first-order chi connectivity index (χ1) is 4.83. The van der Waals surface area contributed by atoms with Crippen LogP contribution in [0.1, 0.15) is 12.8 Å². The third kappa shape index (κ3) is 1.65. The highest BCUT2D eigenvalue weighted by Gasteiger charge is 2.28. The highest BCUT2D eigenvalue weighted by Crippen LogP contribution is 2.25. The lowest BCUT2D eigenvalue weighted by atomic mass is 9.96. The monoisotopic (exact) mass is 160 g/mol. The number of hydrogen-bond donors (Lipinski definition) is 2. The summed E-state index contributed by atoms with van der Waals surface area (Å²) in [5, 5.41) is 3.32. The van der Waals surface area contributed by atoms with Crippen molar-refractivity contribution >= 4 is 11.8 Å². The van der Waals surface area contributed by atoms with Crippen LogP contribution in [-0.2, 0) is 0 Å². The number of nitrogens with one attached hydrogen (secondary N) is 1. The number of likely N-dealkylation sites (N-methyl/N-ethyl adjacent to an activating group) is 1. The van der Waals surface area contributed by atoms with E-state index in [0.29, 0.717) is 0 Å². The first-order valence-electron chi connectivity index (χ1n) is 3.80. The van der Waals surface area contributed by atoms with Gasteiger partial charge >= 0.3 is 0 Å². The fourth-order valence-corrected chi connectivity index (χ4v) is 2.60. The molecule has 0 aliphatic carbocycles. The summed E-state index contributed by atoms with van der Waals surface area (Å²) in [6, 6.07) is 0. The zero-order valence-corrected chi connectivity index (χ0v) is 7.34. The van der Waals surface area contributed by atoms with Crippen molar-refractivity contribution < 1.29 is 0 Å². The van der Waals surface area contributed by atoms with Gasteiger partial charge < -0.3 is 11.1 Å². The first kappa shape index (κ1) is 8.37. The smallest absolute Gasteiger partial charge is 0.0393 e. The van der Waals surface area contributed by atoms with Crippen LogP contribution in [0.15, 0.2) is 0 Å². The van der Waals surface area contributed by atoms with E-state index >= 15 is 0 Å². The molecule has 0 aromatic rings. The van der Waals surface area contributed by atoms with E-state index in [1.807, 2.05) is 18.8 Å². The summed E-state index contributed by atoms with van der Waals surface area (Å²) in [4.78, 5) is 0. The van der Waals surface area contributed by atoms with Gasteiger partial charge in [-0.3, -0.25) is 0 Å². The molecule has 1 aliphatic heterocycles. The normalized spacial score (nSPS) is 34.2. The molecule has 0 bridgehead atoms. The second kappa shape index (κ2) is 3.60. The van der Waals surface area contributed by atoms with Crippen LogP contribution in [0.3, 0.4) is 0 Å². The summed E-state index contributed by atoms with van der Waals surface area (Å²) in [5.74, 6) is 2.49. The molecule has 1 rings (SSSR count). The maximum Gasteiger partial charge on any atom is 0.0393 e. The molecule has 1 heterocycles. The summed E-state index contributed by atoms with van der Waals surface area (Å²) in [5.41, 5.74) is 5.93. The van der Waals surface area contributed by atoms with Crippen LogP contribution in [0.5, 0.6) is 0 Å². The van der Waals surface area contributed by atoms with Gasteiger partial charge in [0.05, 0.1) is 0 Å². The Labute approximate surface area is 66.9 Å². The lowest BCUT2D eigenvalue weighted by Crippen LogP contribution is -2.53. The van der Waals surface area contributed by atoms with Gasteiger partial charge in [0, 0.05) is 17.8 Å². The Hall–Kier alpha value is 0.270. The van der Waals surface area contributed by atoms with Crippen molar-refractivity contribution in [3.8, 4) is 0 Å². The van der Waals surface area contributed by atoms with Gasteiger partial charge in [0.2, 0.25) is 0 Å². The molecule has 1 unspecified atom stereocenters. The number of rotatable bonds is 2. The SMILES string of the molecule is CNC1(CN)CCCSC1. The van der Waals surface area contributed by atoms with Crippen LogP contribution < -0.4 is 11.1 Å². The van der Waals surface area contributed by atoms with Crippen molar-refractivity contribution in [1.82, 2.24) is 5.32 Å². The third-order valence-electron chi connectivity index (χ3n) is 2.24. The summed E-state index contributed by atoms with van der Waals surface area (Å²) < 4.78 is 0. The minimum Gasteiger partial charge on any atom is -0.329 e. The molecule has 0 spiro atoms. The Kier molecular flexibility index (Phi) is 3.01. The van der Waals surface area contributed by atoms with E-state index in [4.69, 9.17) is 5.73 Å². The molecule has 60 valence electrons.